The zero-order valence-electron chi connectivity index (χ0n) is 7.48. The van der Waals surface area contributed by atoms with E-state index < -0.39 is 0 Å². The number of hydrogen-bond donors (Lipinski definition) is 0. The van der Waals surface area contributed by atoms with E-state index in [0.717, 1.165) is 5.56 Å². The molecule has 0 aromatic carbocycles. The van der Waals surface area contributed by atoms with E-state index in [1.807, 2.05) is 13.1 Å². The first kappa shape index (κ1) is 7.91. The molecule has 13 heavy (non-hydrogen) atoms. The highest BCUT2D eigenvalue weighted by Gasteiger charge is 2.07. The topological polar surface area (TPSA) is 47.3 Å². The Morgan fingerprint density at radius 3 is 2.77 bits per heavy atom. The van der Waals surface area contributed by atoms with Crippen LogP contribution in [0.3, 0.4) is 0 Å². The van der Waals surface area contributed by atoms with Crippen LogP contribution in [-0.4, -0.2) is 20.2 Å². The Morgan fingerprint density at radius 2 is 2.08 bits per heavy atom. The monoisotopic (exact) mass is 175 g/mol. The molecule has 0 fully saturated rings. The summed E-state index contributed by atoms with van der Waals surface area (Å²) < 4.78 is 1.71. The van der Waals surface area contributed by atoms with Gasteiger partial charge < -0.3 is 0 Å². The quantitative estimate of drug-likeness (QED) is 0.612. The van der Waals surface area contributed by atoms with Gasteiger partial charge in [0.2, 0.25) is 5.78 Å². The smallest absolute Gasteiger partial charge is 0.234 e. The third-order valence-electron chi connectivity index (χ3n) is 1.85. The lowest BCUT2D eigenvalue weighted by molar-refractivity contribution is 0.101. The molecule has 0 aliphatic rings. The Morgan fingerprint density at radius 1 is 1.38 bits per heavy atom. The number of fused-ring (bicyclic) bond motifs is 1. The maximum Gasteiger partial charge on any atom is 0.234 e. The highest BCUT2D eigenvalue weighted by Crippen LogP contribution is 2.05. The lowest BCUT2D eigenvalue weighted by Crippen LogP contribution is -1.99. The van der Waals surface area contributed by atoms with Gasteiger partial charge in [-0.2, -0.15) is 0 Å². The Labute approximate surface area is 75.2 Å². The Hall–Kier alpha value is -1.71. The van der Waals surface area contributed by atoms with Gasteiger partial charge in [-0.1, -0.05) is 0 Å². The molecule has 66 valence electrons. The summed E-state index contributed by atoms with van der Waals surface area (Å²) in [6, 6.07) is 0. The molecule has 0 N–H and O–H groups in total. The summed E-state index contributed by atoms with van der Waals surface area (Å²) in [7, 11) is 0. The molecular formula is C9H9N3O. The molecule has 0 saturated carbocycles. The third-order valence-corrected chi connectivity index (χ3v) is 1.85. The van der Waals surface area contributed by atoms with Gasteiger partial charge in [-0.3, -0.25) is 9.20 Å². The Kier molecular flexibility index (Phi) is 1.62. The lowest BCUT2D eigenvalue weighted by atomic mass is 10.3. The molecule has 0 amide bonds. The van der Waals surface area contributed by atoms with Gasteiger partial charge in [0.25, 0.3) is 0 Å². The van der Waals surface area contributed by atoms with Crippen molar-refractivity contribution in [3.63, 3.8) is 0 Å². The van der Waals surface area contributed by atoms with Crippen LogP contribution < -0.4 is 0 Å². The third kappa shape index (κ3) is 1.20. The number of hydrogen-bond acceptors (Lipinski definition) is 3. The van der Waals surface area contributed by atoms with Gasteiger partial charge in [-0.05, 0) is 12.5 Å². The van der Waals surface area contributed by atoms with E-state index in [1.165, 1.54) is 6.92 Å². The van der Waals surface area contributed by atoms with E-state index in [0.29, 0.717) is 11.5 Å². The summed E-state index contributed by atoms with van der Waals surface area (Å²) in [5, 5.41) is 0. The summed E-state index contributed by atoms with van der Waals surface area (Å²) in [6.45, 7) is 3.45. The fourth-order valence-corrected chi connectivity index (χ4v) is 1.23. The van der Waals surface area contributed by atoms with Crippen LogP contribution in [0.1, 0.15) is 23.0 Å². The summed E-state index contributed by atoms with van der Waals surface area (Å²) in [5.74, 6) is 0.565. The molecule has 0 saturated heterocycles. The lowest BCUT2D eigenvalue weighted by Gasteiger charge is -1.97. The molecule has 0 aliphatic carbocycles. The zero-order valence-corrected chi connectivity index (χ0v) is 7.48. The Bertz CT molecular complexity index is 473. The molecule has 0 aliphatic heterocycles. The number of aryl methyl sites for hydroxylation is 1. The van der Waals surface area contributed by atoms with Crippen LogP contribution in [0.15, 0.2) is 18.6 Å². The molecule has 0 atom stereocenters. The number of carbonyl (C=O) groups excluding carboxylic acids is 1. The molecule has 0 spiro atoms. The van der Waals surface area contributed by atoms with Crippen LogP contribution in [0.25, 0.3) is 5.78 Å². The van der Waals surface area contributed by atoms with Crippen molar-refractivity contribution in [2.45, 2.75) is 13.8 Å². The fourth-order valence-electron chi connectivity index (χ4n) is 1.23. The normalized spacial score (nSPS) is 10.6. The molecule has 2 aromatic heterocycles. The van der Waals surface area contributed by atoms with Crippen molar-refractivity contribution < 1.29 is 4.79 Å². The number of carbonyl (C=O) groups is 1. The van der Waals surface area contributed by atoms with Gasteiger partial charge in [0.1, 0.15) is 5.69 Å². The van der Waals surface area contributed by atoms with Gasteiger partial charge in [0.15, 0.2) is 5.78 Å². The van der Waals surface area contributed by atoms with Gasteiger partial charge in [-0.25, -0.2) is 9.97 Å². The minimum atomic E-state index is -0.0000926. The molecule has 4 heteroatoms. The predicted molar refractivity (Wildman–Crippen MR) is 47.7 cm³/mol. The van der Waals surface area contributed by atoms with Crippen molar-refractivity contribution in [1.29, 1.82) is 0 Å². The molecule has 0 radical (unpaired) electrons. The first-order valence-electron chi connectivity index (χ1n) is 3.99. The van der Waals surface area contributed by atoms with E-state index in [1.54, 1.807) is 16.8 Å². The second-order valence-corrected chi connectivity index (χ2v) is 3.00. The average Bonchev–Trinajstić information content (AvgIpc) is 2.46. The van der Waals surface area contributed by atoms with Crippen LogP contribution in [0.2, 0.25) is 0 Å². The fraction of sp³-hybridized carbons (Fsp3) is 0.222. The summed E-state index contributed by atoms with van der Waals surface area (Å²) in [4.78, 5) is 19.2. The number of rotatable bonds is 1. The number of aromatic nitrogens is 3. The maximum absolute atomic E-state index is 11.1. The highest BCUT2D eigenvalue weighted by atomic mass is 16.1. The van der Waals surface area contributed by atoms with Crippen LogP contribution >= 0.6 is 0 Å². The first-order valence-corrected chi connectivity index (χ1v) is 3.99. The van der Waals surface area contributed by atoms with Crippen LogP contribution in [0.4, 0.5) is 0 Å². The minimum absolute atomic E-state index is 0.0000926. The summed E-state index contributed by atoms with van der Waals surface area (Å²) in [5.41, 5.74) is 1.58. The van der Waals surface area contributed by atoms with Crippen LogP contribution in [-0.2, 0) is 0 Å². The molecule has 2 aromatic rings. The van der Waals surface area contributed by atoms with Crippen LogP contribution in [0, 0.1) is 6.92 Å². The molecular weight excluding hydrogens is 166 g/mol. The standard InChI is InChI=1S/C9H9N3O/c1-6-3-10-9-11-4-8(7(2)13)12(9)5-6/h3-5H,1-2H3. The maximum atomic E-state index is 11.1. The van der Waals surface area contributed by atoms with Gasteiger partial charge in [0.05, 0.1) is 6.20 Å². The van der Waals surface area contributed by atoms with Crippen molar-refractivity contribution in [2.75, 3.05) is 0 Å². The van der Waals surface area contributed by atoms with Crippen molar-refractivity contribution in [3.8, 4) is 0 Å². The number of nitrogens with zero attached hydrogens (tertiary/aromatic N) is 3. The molecule has 2 rings (SSSR count). The molecule has 4 nitrogen and oxygen atoms in total. The number of imidazole rings is 1. The van der Waals surface area contributed by atoms with E-state index in [9.17, 15) is 4.79 Å². The number of ketones is 1. The Balaban J connectivity index is 2.79. The van der Waals surface area contributed by atoms with E-state index >= 15 is 0 Å². The van der Waals surface area contributed by atoms with Crippen molar-refractivity contribution >= 4 is 11.6 Å². The average molecular weight is 175 g/mol. The summed E-state index contributed by atoms with van der Waals surface area (Å²) >= 11 is 0. The predicted octanol–water partition coefficient (Wildman–Crippen LogP) is 1.24. The first-order chi connectivity index (χ1) is 6.18. The van der Waals surface area contributed by atoms with E-state index in [-0.39, 0.29) is 5.78 Å². The minimum Gasteiger partial charge on any atom is -0.293 e. The van der Waals surface area contributed by atoms with Gasteiger partial charge in [0, 0.05) is 19.3 Å². The van der Waals surface area contributed by atoms with Crippen molar-refractivity contribution in [3.05, 3.63) is 29.8 Å². The van der Waals surface area contributed by atoms with Gasteiger partial charge >= 0.3 is 0 Å². The van der Waals surface area contributed by atoms with Crippen LogP contribution in [0.5, 0.6) is 0 Å². The summed E-state index contributed by atoms with van der Waals surface area (Å²) in [6.07, 6.45) is 5.13. The second kappa shape index (κ2) is 2.65. The number of Topliss-reactive ketones (excluding diaryl/α,β-unsaturated/α-hetero) is 1. The molecule has 0 bridgehead atoms. The molecule has 2 heterocycles. The van der Waals surface area contributed by atoms with Crippen molar-refractivity contribution in [1.82, 2.24) is 14.4 Å². The van der Waals surface area contributed by atoms with E-state index in [2.05, 4.69) is 9.97 Å². The molecule has 0 unspecified atom stereocenters. The highest BCUT2D eigenvalue weighted by molar-refractivity contribution is 5.92. The second-order valence-electron chi connectivity index (χ2n) is 3.00. The van der Waals surface area contributed by atoms with Gasteiger partial charge in [-0.15, -0.1) is 0 Å². The zero-order chi connectivity index (χ0) is 9.42. The van der Waals surface area contributed by atoms with Crippen molar-refractivity contribution in [2.24, 2.45) is 0 Å². The largest absolute Gasteiger partial charge is 0.293 e. The SMILES string of the molecule is CC(=O)c1cnc2ncc(C)cn12. The van der Waals surface area contributed by atoms with E-state index in [4.69, 9.17) is 0 Å².